The molecule has 174 valence electrons. The Kier molecular flexibility index (Phi) is 7.04. The zero-order chi connectivity index (χ0) is 24.1. The highest BCUT2D eigenvalue weighted by Crippen LogP contribution is 2.30. The molecule has 3 aromatic heterocycles. The van der Waals surface area contributed by atoms with E-state index >= 15 is 0 Å². The molecule has 0 saturated carbocycles. The maximum absolute atomic E-state index is 13.1. The minimum absolute atomic E-state index is 0.0795. The highest BCUT2D eigenvalue weighted by molar-refractivity contribution is 7.17. The number of aromatic nitrogens is 4. The normalized spacial score (nSPS) is 10.9. The first-order valence-corrected chi connectivity index (χ1v) is 11.9. The summed E-state index contributed by atoms with van der Waals surface area (Å²) in [7, 11) is 0. The first-order valence-electron chi connectivity index (χ1n) is 11.0. The number of aromatic amines is 1. The minimum atomic E-state index is -0.233. The van der Waals surface area contributed by atoms with Crippen molar-refractivity contribution in [2.45, 2.75) is 39.2 Å². The Hall–Kier alpha value is -3.97. The summed E-state index contributed by atoms with van der Waals surface area (Å²) in [5, 5.41) is 21.1. The quantitative estimate of drug-likeness (QED) is 0.317. The van der Waals surface area contributed by atoms with Gasteiger partial charge in [0.15, 0.2) is 5.82 Å². The summed E-state index contributed by atoms with van der Waals surface area (Å²) in [6.45, 7) is 2.44. The Morgan fingerprint density at radius 1 is 1.26 bits per heavy atom. The van der Waals surface area contributed by atoms with Gasteiger partial charge >= 0.3 is 0 Å². The number of nitrogens with one attached hydrogen (secondary N) is 2. The Morgan fingerprint density at radius 3 is 2.82 bits per heavy atom. The van der Waals surface area contributed by atoms with Crippen LogP contribution >= 0.6 is 11.3 Å². The number of thiophene rings is 1. The monoisotopic (exact) mass is 475 g/mol. The third-order valence-electron chi connectivity index (χ3n) is 5.64. The number of rotatable bonds is 9. The number of amides is 1. The van der Waals surface area contributed by atoms with Crippen LogP contribution in [0.1, 0.15) is 36.1 Å². The molecule has 0 unspecified atom stereocenters. The molecule has 4 rings (SSSR count). The van der Waals surface area contributed by atoms with Gasteiger partial charge in [0.1, 0.15) is 23.0 Å². The number of nitrogens with zero attached hydrogens (tertiary/aromatic N) is 4. The van der Waals surface area contributed by atoms with Gasteiger partial charge in [-0.3, -0.25) is 19.3 Å². The van der Waals surface area contributed by atoms with Crippen LogP contribution in [0, 0.1) is 18.3 Å². The van der Waals surface area contributed by atoms with Gasteiger partial charge in [0.2, 0.25) is 5.91 Å². The van der Waals surface area contributed by atoms with E-state index in [1.165, 1.54) is 22.2 Å². The van der Waals surface area contributed by atoms with E-state index in [4.69, 9.17) is 11.0 Å². The summed E-state index contributed by atoms with van der Waals surface area (Å²) in [5.41, 5.74) is 9.51. The van der Waals surface area contributed by atoms with Crippen molar-refractivity contribution in [1.29, 1.82) is 5.26 Å². The van der Waals surface area contributed by atoms with Crippen LogP contribution in [0.5, 0.6) is 0 Å². The molecule has 9 nitrogen and oxygen atoms in total. The number of H-pyrrole nitrogens is 1. The van der Waals surface area contributed by atoms with E-state index in [0.29, 0.717) is 28.7 Å². The van der Waals surface area contributed by atoms with Gasteiger partial charge in [-0.25, -0.2) is 4.98 Å². The van der Waals surface area contributed by atoms with Gasteiger partial charge in [-0.05, 0) is 31.7 Å². The summed E-state index contributed by atoms with van der Waals surface area (Å²) in [5.74, 6) is -0.00963. The Morgan fingerprint density at radius 2 is 2.06 bits per heavy atom. The molecule has 0 aliphatic rings. The second-order valence-corrected chi connectivity index (χ2v) is 8.97. The molecule has 1 amide bonds. The fourth-order valence-electron chi connectivity index (χ4n) is 3.77. The van der Waals surface area contributed by atoms with E-state index in [2.05, 4.69) is 26.6 Å². The largest absolute Gasteiger partial charge is 0.381 e. The molecule has 0 atom stereocenters. The number of unbranched alkanes of at least 4 members (excludes halogenated alkanes) is 2. The van der Waals surface area contributed by atoms with E-state index in [-0.39, 0.29) is 23.8 Å². The van der Waals surface area contributed by atoms with Crippen molar-refractivity contribution in [3.63, 3.8) is 0 Å². The number of nitrogens with two attached hydrogens (primary N) is 1. The van der Waals surface area contributed by atoms with Crippen LogP contribution in [0.25, 0.3) is 21.3 Å². The van der Waals surface area contributed by atoms with Crippen LogP contribution in [0.15, 0.2) is 40.8 Å². The summed E-state index contributed by atoms with van der Waals surface area (Å²) in [6, 6.07) is 10.0. The van der Waals surface area contributed by atoms with Gasteiger partial charge in [-0.2, -0.15) is 10.4 Å². The minimum Gasteiger partial charge on any atom is -0.381 e. The van der Waals surface area contributed by atoms with Gasteiger partial charge in [0.25, 0.3) is 5.56 Å². The molecule has 0 saturated heterocycles. The third-order valence-corrected chi connectivity index (χ3v) is 6.53. The van der Waals surface area contributed by atoms with Crippen molar-refractivity contribution in [3.8, 4) is 17.2 Å². The lowest BCUT2D eigenvalue weighted by molar-refractivity contribution is -0.121. The molecule has 1 aromatic carbocycles. The van der Waals surface area contributed by atoms with Crippen LogP contribution < -0.4 is 16.6 Å². The van der Waals surface area contributed by atoms with Gasteiger partial charge in [0, 0.05) is 17.5 Å². The van der Waals surface area contributed by atoms with Gasteiger partial charge < -0.3 is 11.1 Å². The van der Waals surface area contributed by atoms with Crippen molar-refractivity contribution in [2.75, 3.05) is 12.3 Å². The molecule has 0 aliphatic carbocycles. The number of nitriles is 1. The van der Waals surface area contributed by atoms with Crippen molar-refractivity contribution in [2.24, 2.45) is 0 Å². The van der Waals surface area contributed by atoms with Gasteiger partial charge in [-0.1, -0.05) is 36.2 Å². The van der Waals surface area contributed by atoms with Crippen LogP contribution in [-0.2, 0) is 17.8 Å². The fourth-order valence-corrected chi connectivity index (χ4v) is 4.67. The smallest absolute Gasteiger partial charge is 0.263 e. The highest BCUT2D eigenvalue weighted by atomic mass is 32.1. The number of hydrogen-bond donors (Lipinski definition) is 3. The molecule has 0 aliphatic heterocycles. The van der Waals surface area contributed by atoms with E-state index in [9.17, 15) is 9.59 Å². The molecule has 0 fully saturated rings. The van der Waals surface area contributed by atoms with Crippen molar-refractivity contribution < 1.29 is 4.79 Å². The van der Waals surface area contributed by atoms with Crippen LogP contribution in [0.4, 0.5) is 5.82 Å². The predicted molar refractivity (Wildman–Crippen MR) is 132 cm³/mol. The lowest BCUT2D eigenvalue weighted by Crippen LogP contribution is -2.32. The molecule has 4 aromatic rings. The van der Waals surface area contributed by atoms with Crippen LogP contribution in [0.2, 0.25) is 0 Å². The molecular weight excluding hydrogens is 450 g/mol. The number of benzene rings is 1. The summed E-state index contributed by atoms with van der Waals surface area (Å²) >= 11 is 1.42. The Balaban J connectivity index is 1.31. The topological polar surface area (TPSA) is 142 Å². The molecule has 3 heterocycles. The van der Waals surface area contributed by atoms with Gasteiger partial charge in [0.05, 0.1) is 17.4 Å². The predicted octanol–water partition coefficient (Wildman–Crippen LogP) is 3.14. The maximum Gasteiger partial charge on any atom is 0.263 e. The second-order valence-electron chi connectivity index (χ2n) is 8.11. The number of anilines is 1. The summed E-state index contributed by atoms with van der Waals surface area (Å²) < 4.78 is 1.36. The number of fused-ring (bicyclic) bond motifs is 1. The average Bonchev–Trinajstić information content (AvgIpc) is 3.42. The molecule has 0 bridgehead atoms. The summed E-state index contributed by atoms with van der Waals surface area (Å²) in [6.07, 6.45) is 4.60. The maximum atomic E-state index is 13.1. The molecule has 0 spiro atoms. The van der Waals surface area contributed by atoms with Crippen molar-refractivity contribution >= 4 is 33.3 Å². The third kappa shape index (κ3) is 5.00. The lowest BCUT2D eigenvalue weighted by Gasteiger charge is -2.08. The van der Waals surface area contributed by atoms with E-state index < -0.39 is 0 Å². The van der Waals surface area contributed by atoms with Crippen molar-refractivity contribution in [3.05, 3.63) is 63.1 Å². The first kappa shape index (κ1) is 23.2. The second kappa shape index (κ2) is 10.3. The Labute approximate surface area is 200 Å². The number of carbonyl (C=O) groups is 1. The van der Waals surface area contributed by atoms with Crippen LogP contribution in [0.3, 0.4) is 0 Å². The van der Waals surface area contributed by atoms with E-state index in [1.54, 1.807) is 0 Å². The number of aryl methyl sites for hydroxylation is 2. The number of nitrogen functional groups attached to an aromatic ring is 1. The van der Waals surface area contributed by atoms with Crippen molar-refractivity contribution in [1.82, 2.24) is 25.1 Å². The first-order chi connectivity index (χ1) is 16.5. The zero-order valence-corrected chi connectivity index (χ0v) is 19.6. The molecule has 0 radical (unpaired) electrons. The molecule has 34 heavy (non-hydrogen) atoms. The zero-order valence-electron chi connectivity index (χ0n) is 18.8. The molecule has 10 heteroatoms. The van der Waals surface area contributed by atoms with Gasteiger partial charge in [-0.15, -0.1) is 11.3 Å². The fraction of sp³-hybridized carbons (Fsp3) is 0.292. The number of hydrogen-bond acceptors (Lipinski definition) is 7. The van der Waals surface area contributed by atoms with E-state index in [1.807, 2.05) is 36.6 Å². The average molecular weight is 476 g/mol. The Bertz CT molecular complexity index is 1410. The molecule has 4 N–H and O–H groups in total. The SMILES string of the molecule is Cc1ccc(-c2csc3ncn(CC(=O)NCCCCCc4[nH]nc(N)c4C#N)c(=O)c23)cc1. The number of carbonyl (C=O) groups excluding carboxylic acids is 1. The lowest BCUT2D eigenvalue weighted by atomic mass is 10.1. The van der Waals surface area contributed by atoms with Crippen LogP contribution in [-0.4, -0.2) is 32.2 Å². The van der Waals surface area contributed by atoms with E-state index in [0.717, 1.165) is 41.6 Å². The standard InChI is InChI=1S/C24H25N7O2S/c1-15-6-8-16(9-7-15)18-13-34-23-21(18)24(33)31(14-28-23)12-20(32)27-10-4-2-3-5-19-17(11-25)22(26)30-29-19/h6-9,13-14H,2-5,10,12H2,1H3,(H,27,32)(H3,26,29,30). The summed E-state index contributed by atoms with van der Waals surface area (Å²) in [4.78, 5) is 30.6. The highest BCUT2D eigenvalue weighted by Gasteiger charge is 2.15. The molecular formula is C24H25N7O2S.